The Balaban J connectivity index is 1.42. The van der Waals surface area contributed by atoms with E-state index in [4.69, 9.17) is 33.2 Å². The minimum absolute atomic E-state index is 0.127. The first-order chi connectivity index (χ1) is 26.1. The molecule has 0 heterocycles. The predicted octanol–water partition coefficient (Wildman–Crippen LogP) is 7.67. The van der Waals surface area contributed by atoms with Crippen molar-refractivity contribution in [2.24, 2.45) is 0 Å². The van der Waals surface area contributed by atoms with E-state index in [0.29, 0.717) is 56.0 Å². The lowest BCUT2D eigenvalue weighted by Crippen LogP contribution is -2.09. The van der Waals surface area contributed by atoms with Crippen molar-refractivity contribution < 1.29 is 57.1 Å². The van der Waals surface area contributed by atoms with Crippen LogP contribution in [-0.4, -0.2) is 56.3 Å². The second-order valence-corrected chi connectivity index (χ2v) is 11.1. The zero-order valence-electron chi connectivity index (χ0n) is 30.0. The summed E-state index contributed by atoms with van der Waals surface area (Å²) in [7, 11) is 0. The smallest absolute Gasteiger partial charge is 0.343 e. The van der Waals surface area contributed by atoms with Crippen LogP contribution in [0.3, 0.4) is 0 Å². The van der Waals surface area contributed by atoms with E-state index in [0.717, 1.165) is 12.2 Å². The van der Waals surface area contributed by atoms with Gasteiger partial charge in [0.25, 0.3) is 0 Å². The Kier molecular flexibility index (Phi) is 17.8. The molecule has 0 N–H and O–H groups in total. The number of carbonyl (C=O) groups excluding carboxylic acids is 5. The van der Waals surface area contributed by atoms with Crippen molar-refractivity contribution in [1.29, 1.82) is 0 Å². The van der Waals surface area contributed by atoms with Gasteiger partial charge in [0.2, 0.25) is 0 Å². The van der Waals surface area contributed by atoms with Crippen LogP contribution in [0.2, 0.25) is 0 Å². The molecule has 3 aromatic carbocycles. The number of hydrogen-bond acceptors (Lipinski definition) is 12. The molecule has 0 unspecified atom stereocenters. The number of allylic oxidation sites excluding steroid dienone is 4. The van der Waals surface area contributed by atoms with Crippen molar-refractivity contribution in [2.45, 2.75) is 32.6 Å². The molecule has 0 aliphatic rings. The summed E-state index contributed by atoms with van der Waals surface area (Å²) in [6.45, 7) is 13.3. The Bertz CT molecular complexity index is 1820. The average molecular weight is 739 g/mol. The quantitative estimate of drug-likeness (QED) is 0.0189. The number of benzene rings is 3. The van der Waals surface area contributed by atoms with Crippen LogP contribution in [0.15, 0.2) is 134 Å². The van der Waals surface area contributed by atoms with Gasteiger partial charge in [0.15, 0.2) is 0 Å². The fourth-order valence-corrected chi connectivity index (χ4v) is 4.20. The maximum absolute atomic E-state index is 12.7. The lowest BCUT2D eigenvalue weighted by molar-refractivity contribution is -0.138. The van der Waals surface area contributed by atoms with E-state index in [9.17, 15) is 24.0 Å². The van der Waals surface area contributed by atoms with Crippen LogP contribution >= 0.6 is 0 Å². The summed E-state index contributed by atoms with van der Waals surface area (Å²) in [5.41, 5.74) is 0.799. The highest BCUT2D eigenvalue weighted by Crippen LogP contribution is 2.19. The summed E-state index contributed by atoms with van der Waals surface area (Å²) in [6.07, 6.45) is 9.08. The first-order valence-electron chi connectivity index (χ1n) is 16.9. The molecule has 282 valence electrons. The third-order valence-corrected chi connectivity index (χ3v) is 7.07. The molecule has 12 nitrogen and oxygen atoms in total. The summed E-state index contributed by atoms with van der Waals surface area (Å²) in [6, 6.07) is 18.7. The molecular formula is C42H42O12. The monoisotopic (exact) mass is 738 g/mol. The Hall–Kier alpha value is -6.69. The van der Waals surface area contributed by atoms with Gasteiger partial charge in [-0.3, -0.25) is 0 Å². The molecule has 0 aliphatic carbocycles. The third kappa shape index (κ3) is 15.3. The second kappa shape index (κ2) is 23.0. The highest BCUT2D eigenvalue weighted by atomic mass is 16.6. The van der Waals surface area contributed by atoms with Gasteiger partial charge in [-0.15, -0.1) is 0 Å². The van der Waals surface area contributed by atoms with Gasteiger partial charge in [-0.25, -0.2) is 24.0 Å². The molecule has 0 radical (unpaired) electrons. The van der Waals surface area contributed by atoms with Gasteiger partial charge in [0.05, 0.1) is 43.1 Å². The Morgan fingerprint density at radius 1 is 0.500 bits per heavy atom. The van der Waals surface area contributed by atoms with Crippen LogP contribution in [0, 0.1) is 0 Å². The van der Waals surface area contributed by atoms with E-state index in [1.807, 2.05) is 0 Å². The molecule has 3 aromatic rings. The Morgan fingerprint density at radius 3 is 1.35 bits per heavy atom. The number of ether oxygens (including phenoxy) is 7. The topological polar surface area (TPSA) is 150 Å². The lowest BCUT2D eigenvalue weighted by atomic mass is 10.2. The van der Waals surface area contributed by atoms with E-state index in [1.165, 1.54) is 42.5 Å². The molecule has 0 saturated heterocycles. The van der Waals surface area contributed by atoms with E-state index in [-0.39, 0.29) is 41.6 Å². The zero-order valence-corrected chi connectivity index (χ0v) is 30.0. The summed E-state index contributed by atoms with van der Waals surface area (Å²) in [5, 5.41) is 0. The maximum atomic E-state index is 12.7. The lowest BCUT2D eigenvalue weighted by Gasteiger charge is -2.09. The van der Waals surface area contributed by atoms with Gasteiger partial charge < -0.3 is 33.2 Å². The van der Waals surface area contributed by atoms with Gasteiger partial charge in [-0.2, -0.15) is 0 Å². The molecule has 0 aliphatic heterocycles. The Labute approximate surface area is 313 Å². The second-order valence-electron chi connectivity index (χ2n) is 11.1. The van der Waals surface area contributed by atoms with Gasteiger partial charge in [0, 0.05) is 12.2 Å². The number of hydrogen-bond donors (Lipinski definition) is 0. The average Bonchev–Trinajstić information content (AvgIpc) is 3.19. The summed E-state index contributed by atoms with van der Waals surface area (Å²) in [4.78, 5) is 60.1. The standard InChI is InChI=1S/C42H42O12/c1-5-34(53-41(46)32-13-20-35(21-14-32)48-26-8-10-28-50-38(43)6-2)19-12-30(4)52-40(45)31-17-24-37(25-18-31)54-42(47)33-15-22-36(23-16-33)49-27-9-11-29-51-39(44)7-3/h5-7,12-25H,1-3,8-11,26-29H2,4H3/b30-12+,34-19+. The van der Waals surface area contributed by atoms with Crippen molar-refractivity contribution in [3.63, 3.8) is 0 Å². The molecule has 3 rings (SSSR count). The minimum Gasteiger partial charge on any atom is -0.494 e. The van der Waals surface area contributed by atoms with Crippen molar-refractivity contribution in [1.82, 2.24) is 0 Å². The number of carbonyl (C=O) groups is 5. The minimum atomic E-state index is -0.654. The van der Waals surface area contributed by atoms with E-state index in [1.54, 1.807) is 55.5 Å². The first kappa shape index (κ1) is 41.7. The van der Waals surface area contributed by atoms with Crippen molar-refractivity contribution in [3.8, 4) is 17.2 Å². The number of unbranched alkanes of at least 4 members (excludes halogenated alkanes) is 2. The highest BCUT2D eigenvalue weighted by Gasteiger charge is 2.13. The molecule has 0 aromatic heterocycles. The fourth-order valence-electron chi connectivity index (χ4n) is 4.20. The predicted molar refractivity (Wildman–Crippen MR) is 199 cm³/mol. The molecule has 0 bridgehead atoms. The van der Waals surface area contributed by atoms with Crippen molar-refractivity contribution in [3.05, 3.63) is 151 Å². The summed E-state index contributed by atoms with van der Waals surface area (Å²) in [5.74, 6) is -1.09. The van der Waals surface area contributed by atoms with Crippen LogP contribution in [0.1, 0.15) is 63.7 Å². The van der Waals surface area contributed by atoms with Crippen LogP contribution < -0.4 is 14.2 Å². The van der Waals surface area contributed by atoms with Crippen LogP contribution in [-0.2, 0) is 28.5 Å². The van der Waals surface area contributed by atoms with E-state index in [2.05, 4.69) is 19.7 Å². The molecule has 12 heteroatoms. The molecule has 0 atom stereocenters. The summed E-state index contributed by atoms with van der Waals surface area (Å²) >= 11 is 0. The molecule has 0 spiro atoms. The normalized spacial score (nSPS) is 11.0. The molecule has 0 amide bonds. The van der Waals surface area contributed by atoms with Gasteiger partial charge >= 0.3 is 29.8 Å². The molecular weight excluding hydrogens is 696 g/mol. The van der Waals surface area contributed by atoms with Gasteiger partial charge in [0.1, 0.15) is 28.8 Å². The zero-order chi connectivity index (χ0) is 39.1. The van der Waals surface area contributed by atoms with Crippen molar-refractivity contribution in [2.75, 3.05) is 26.4 Å². The number of rotatable bonds is 22. The number of esters is 5. The molecule has 0 fully saturated rings. The molecule has 54 heavy (non-hydrogen) atoms. The van der Waals surface area contributed by atoms with Crippen LogP contribution in [0.5, 0.6) is 17.2 Å². The third-order valence-electron chi connectivity index (χ3n) is 7.07. The molecule has 0 saturated carbocycles. The Morgan fingerprint density at radius 2 is 0.907 bits per heavy atom. The van der Waals surface area contributed by atoms with Crippen LogP contribution in [0.4, 0.5) is 0 Å². The van der Waals surface area contributed by atoms with Gasteiger partial charge in [-0.05, 0) is 124 Å². The maximum Gasteiger partial charge on any atom is 0.343 e. The SMILES string of the molecule is C=CC(=O)OCCCCOc1ccc(C(=O)O/C(C=C)=C/C=C(\C)OC(=O)c2ccc(OC(=O)c3ccc(OCCCCOC(=O)C=C)cc3)cc2)cc1. The highest BCUT2D eigenvalue weighted by molar-refractivity contribution is 5.92. The van der Waals surface area contributed by atoms with Crippen molar-refractivity contribution >= 4 is 29.8 Å². The first-order valence-corrected chi connectivity index (χ1v) is 16.9. The van der Waals surface area contributed by atoms with E-state index >= 15 is 0 Å². The largest absolute Gasteiger partial charge is 0.494 e. The van der Waals surface area contributed by atoms with Crippen LogP contribution in [0.25, 0.3) is 0 Å². The summed E-state index contributed by atoms with van der Waals surface area (Å²) < 4.78 is 37.3. The van der Waals surface area contributed by atoms with E-state index < -0.39 is 29.8 Å². The van der Waals surface area contributed by atoms with Gasteiger partial charge in [-0.1, -0.05) is 19.7 Å². The fraction of sp³-hybridized carbons (Fsp3) is 0.214.